The summed E-state index contributed by atoms with van der Waals surface area (Å²) < 4.78 is 5.77. The lowest BCUT2D eigenvalue weighted by atomic mass is 10.0. The Morgan fingerprint density at radius 3 is 1.67 bits per heavy atom. The van der Waals surface area contributed by atoms with Crippen molar-refractivity contribution in [3.8, 4) is 0 Å². The van der Waals surface area contributed by atoms with Gasteiger partial charge in [-0.05, 0) is 70.6 Å². The standard InChI is InChI=1S/C35H60O4/c1-3-5-7-9-11-13-15-16-17-18-19-21-23-25-27-32-35(38)39-33(30-28-31-34(36)37)29-26-24-22-20-14-12-10-8-6-4-2/h5,7,11,13,16-17,19,21,33H,3-4,6,8-10,12,14-15,18,20,22-32H2,1-2H3,(H,36,37)/b7-5-,13-11-,17-16-,21-19-. The van der Waals surface area contributed by atoms with Crippen LogP contribution < -0.4 is 0 Å². The van der Waals surface area contributed by atoms with E-state index in [9.17, 15) is 9.59 Å². The zero-order chi connectivity index (χ0) is 28.7. The third-order valence-corrected chi connectivity index (χ3v) is 6.82. The number of allylic oxidation sites excluding steroid dienone is 8. The van der Waals surface area contributed by atoms with E-state index in [1.165, 1.54) is 51.4 Å². The predicted octanol–water partition coefficient (Wildman–Crippen LogP) is 10.8. The van der Waals surface area contributed by atoms with Crippen molar-refractivity contribution >= 4 is 11.9 Å². The van der Waals surface area contributed by atoms with Gasteiger partial charge in [0.15, 0.2) is 0 Å². The third kappa shape index (κ3) is 30.3. The van der Waals surface area contributed by atoms with Gasteiger partial charge in [-0.3, -0.25) is 9.59 Å². The molecule has 0 radical (unpaired) electrons. The zero-order valence-electron chi connectivity index (χ0n) is 25.4. The second-order valence-corrected chi connectivity index (χ2v) is 10.6. The molecule has 4 heteroatoms. The van der Waals surface area contributed by atoms with Crippen LogP contribution in [0.5, 0.6) is 0 Å². The maximum atomic E-state index is 12.4. The minimum Gasteiger partial charge on any atom is -0.481 e. The summed E-state index contributed by atoms with van der Waals surface area (Å²) in [5.41, 5.74) is 0. The molecule has 0 aliphatic carbocycles. The van der Waals surface area contributed by atoms with Crippen LogP contribution in [0.3, 0.4) is 0 Å². The molecule has 0 saturated heterocycles. The lowest BCUT2D eigenvalue weighted by Gasteiger charge is -2.18. The summed E-state index contributed by atoms with van der Waals surface area (Å²) in [7, 11) is 0. The first-order valence-corrected chi connectivity index (χ1v) is 16.1. The van der Waals surface area contributed by atoms with Gasteiger partial charge in [-0.15, -0.1) is 0 Å². The van der Waals surface area contributed by atoms with Crippen LogP contribution in [0.25, 0.3) is 0 Å². The number of hydrogen-bond donors (Lipinski definition) is 1. The molecule has 0 heterocycles. The van der Waals surface area contributed by atoms with E-state index in [0.717, 1.165) is 64.2 Å². The fourth-order valence-electron chi connectivity index (χ4n) is 4.48. The number of rotatable bonds is 28. The Morgan fingerprint density at radius 1 is 0.590 bits per heavy atom. The molecule has 0 fully saturated rings. The Morgan fingerprint density at radius 2 is 1.10 bits per heavy atom. The highest BCUT2D eigenvalue weighted by Crippen LogP contribution is 2.17. The molecule has 1 unspecified atom stereocenters. The van der Waals surface area contributed by atoms with Gasteiger partial charge in [0.2, 0.25) is 0 Å². The van der Waals surface area contributed by atoms with Gasteiger partial charge in [-0.2, -0.15) is 0 Å². The maximum absolute atomic E-state index is 12.4. The highest BCUT2D eigenvalue weighted by Gasteiger charge is 2.15. The number of carbonyl (C=O) groups is 2. The largest absolute Gasteiger partial charge is 0.481 e. The van der Waals surface area contributed by atoms with Gasteiger partial charge in [0.1, 0.15) is 6.10 Å². The van der Waals surface area contributed by atoms with Crippen molar-refractivity contribution in [3.63, 3.8) is 0 Å². The molecule has 0 aromatic heterocycles. The number of unbranched alkanes of at least 4 members (excludes halogenated alkanes) is 11. The normalized spacial score (nSPS) is 12.9. The zero-order valence-corrected chi connectivity index (χ0v) is 25.4. The smallest absolute Gasteiger partial charge is 0.306 e. The minimum atomic E-state index is -0.783. The number of hydrogen-bond acceptors (Lipinski definition) is 3. The Labute approximate surface area is 241 Å². The van der Waals surface area contributed by atoms with E-state index in [-0.39, 0.29) is 18.5 Å². The first-order valence-electron chi connectivity index (χ1n) is 16.1. The van der Waals surface area contributed by atoms with Crippen LogP contribution in [0.4, 0.5) is 0 Å². The van der Waals surface area contributed by atoms with Crippen molar-refractivity contribution < 1.29 is 19.4 Å². The van der Waals surface area contributed by atoms with Gasteiger partial charge >= 0.3 is 11.9 Å². The Bertz CT molecular complexity index is 674. The molecule has 0 aromatic rings. The van der Waals surface area contributed by atoms with E-state index in [4.69, 9.17) is 9.84 Å². The summed E-state index contributed by atoms with van der Waals surface area (Å²) in [6.07, 6.45) is 39.7. The monoisotopic (exact) mass is 544 g/mol. The number of carboxylic acids is 1. The first kappa shape index (κ1) is 36.9. The van der Waals surface area contributed by atoms with Gasteiger partial charge in [0.25, 0.3) is 0 Å². The highest BCUT2D eigenvalue weighted by molar-refractivity contribution is 5.69. The second-order valence-electron chi connectivity index (χ2n) is 10.6. The summed E-state index contributed by atoms with van der Waals surface area (Å²) in [4.78, 5) is 23.3. The van der Waals surface area contributed by atoms with E-state index < -0.39 is 5.97 Å². The molecule has 0 aromatic carbocycles. The van der Waals surface area contributed by atoms with Crippen LogP contribution in [0.15, 0.2) is 48.6 Å². The summed E-state index contributed by atoms with van der Waals surface area (Å²) in [5.74, 6) is -0.914. The quantitative estimate of drug-likeness (QED) is 0.0604. The Balaban J connectivity index is 3.98. The Hall–Kier alpha value is -2.10. The molecule has 1 N–H and O–H groups in total. The summed E-state index contributed by atoms with van der Waals surface area (Å²) in [5, 5.41) is 8.95. The van der Waals surface area contributed by atoms with Crippen LogP contribution in [-0.2, 0) is 14.3 Å². The van der Waals surface area contributed by atoms with Crippen LogP contribution in [-0.4, -0.2) is 23.1 Å². The lowest BCUT2D eigenvalue weighted by molar-refractivity contribution is -0.150. The van der Waals surface area contributed by atoms with Crippen LogP contribution in [0.1, 0.15) is 155 Å². The summed E-state index contributed by atoms with van der Waals surface area (Å²) >= 11 is 0. The maximum Gasteiger partial charge on any atom is 0.306 e. The van der Waals surface area contributed by atoms with Crippen molar-refractivity contribution in [2.45, 2.75) is 161 Å². The van der Waals surface area contributed by atoms with E-state index in [2.05, 4.69) is 62.5 Å². The average Bonchev–Trinajstić information content (AvgIpc) is 2.91. The molecule has 39 heavy (non-hydrogen) atoms. The van der Waals surface area contributed by atoms with Gasteiger partial charge in [-0.1, -0.05) is 120 Å². The van der Waals surface area contributed by atoms with Crippen LogP contribution >= 0.6 is 0 Å². The van der Waals surface area contributed by atoms with Crippen molar-refractivity contribution in [2.24, 2.45) is 0 Å². The van der Waals surface area contributed by atoms with Gasteiger partial charge in [0.05, 0.1) is 0 Å². The molecule has 224 valence electrons. The van der Waals surface area contributed by atoms with E-state index >= 15 is 0 Å². The minimum absolute atomic E-state index is 0.132. The number of carboxylic acid groups (broad SMARTS) is 1. The molecular formula is C35H60O4. The van der Waals surface area contributed by atoms with Crippen LogP contribution in [0.2, 0.25) is 0 Å². The van der Waals surface area contributed by atoms with Gasteiger partial charge < -0.3 is 9.84 Å². The van der Waals surface area contributed by atoms with E-state index in [1.54, 1.807) is 0 Å². The molecule has 0 spiro atoms. The molecule has 4 nitrogen and oxygen atoms in total. The van der Waals surface area contributed by atoms with Crippen molar-refractivity contribution in [2.75, 3.05) is 0 Å². The lowest BCUT2D eigenvalue weighted by Crippen LogP contribution is -2.18. The number of esters is 1. The summed E-state index contributed by atoms with van der Waals surface area (Å²) in [6.45, 7) is 4.40. The van der Waals surface area contributed by atoms with E-state index in [1.807, 2.05) is 0 Å². The topological polar surface area (TPSA) is 63.6 Å². The fraction of sp³-hybridized carbons (Fsp3) is 0.714. The molecule has 0 rings (SSSR count). The van der Waals surface area contributed by atoms with E-state index in [0.29, 0.717) is 19.3 Å². The first-order chi connectivity index (χ1) is 19.1. The Kier molecular flexibility index (Phi) is 28.8. The molecule has 1 atom stereocenters. The molecule has 0 aliphatic heterocycles. The summed E-state index contributed by atoms with van der Waals surface area (Å²) in [6, 6.07) is 0. The molecule has 0 saturated carbocycles. The second kappa shape index (κ2) is 30.4. The average molecular weight is 545 g/mol. The molecule has 0 aliphatic rings. The molecular weight excluding hydrogens is 484 g/mol. The van der Waals surface area contributed by atoms with Crippen LogP contribution in [0, 0.1) is 0 Å². The molecule has 0 amide bonds. The van der Waals surface area contributed by atoms with Gasteiger partial charge in [-0.25, -0.2) is 0 Å². The predicted molar refractivity (Wildman–Crippen MR) is 167 cm³/mol. The van der Waals surface area contributed by atoms with Gasteiger partial charge in [0, 0.05) is 12.8 Å². The van der Waals surface area contributed by atoms with Crippen molar-refractivity contribution in [1.82, 2.24) is 0 Å². The molecule has 0 bridgehead atoms. The fourth-order valence-corrected chi connectivity index (χ4v) is 4.48. The van der Waals surface area contributed by atoms with Crippen molar-refractivity contribution in [3.05, 3.63) is 48.6 Å². The number of ether oxygens (including phenoxy) is 1. The SMILES string of the molecule is CC/C=C\C/C=C\C/C=C\C/C=C\CCCCC(=O)OC(CCCCCCCCCCCC)CCCC(=O)O. The third-order valence-electron chi connectivity index (χ3n) is 6.82. The van der Waals surface area contributed by atoms with Crippen molar-refractivity contribution in [1.29, 1.82) is 0 Å². The highest BCUT2D eigenvalue weighted by atomic mass is 16.5. The number of aliphatic carboxylic acids is 1. The number of carbonyl (C=O) groups excluding carboxylic acids is 1.